The van der Waals surface area contributed by atoms with Crippen molar-refractivity contribution in [2.75, 3.05) is 33.7 Å². The first-order valence-electron chi connectivity index (χ1n) is 7.64. The highest BCUT2D eigenvalue weighted by Crippen LogP contribution is 2.15. The van der Waals surface area contributed by atoms with Gasteiger partial charge in [-0.15, -0.1) is 6.58 Å². The van der Waals surface area contributed by atoms with Crippen LogP contribution < -0.4 is 11.3 Å². The van der Waals surface area contributed by atoms with Crippen LogP contribution >= 0.6 is 0 Å². The van der Waals surface area contributed by atoms with E-state index in [0.717, 1.165) is 19.4 Å². The van der Waals surface area contributed by atoms with Crippen LogP contribution in [0.2, 0.25) is 0 Å². The van der Waals surface area contributed by atoms with Crippen LogP contribution in [0.15, 0.2) is 12.7 Å². The van der Waals surface area contributed by atoms with Gasteiger partial charge in [-0.3, -0.25) is 11.3 Å². The van der Waals surface area contributed by atoms with Crippen molar-refractivity contribution < 1.29 is 0 Å². The lowest BCUT2D eigenvalue weighted by atomic mass is 9.99. The van der Waals surface area contributed by atoms with Gasteiger partial charge in [0.15, 0.2) is 0 Å². The predicted molar refractivity (Wildman–Crippen MR) is 82.9 cm³/mol. The van der Waals surface area contributed by atoms with Gasteiger partial charge >= 0.3 is 0 Å². The molecule has 0 saturated carbocycles. The van der Waals surface area contributed by atoms with E-state index in [4.69, 9.17) is 5.84 Å². The molecule has 0 amide bonds. The van der Waals surface area contributed by atoms with Crippen LogP contribution in [0.4, 0.5) is 0 Å². The maximum atomic E-state index is 5.79. The van der Waals surface area contributed by atoms with Crippen molar-refractivity contribution in [3.05, 3.63) is 12.7 Å². The molecule has 0 aromatic carbocycles. The summed E-state index contributed by atoms with van der Waals surface area (Å²) in [5.41, 5.74) is 3.05. The average molecular weight is 268 g/mol. The van der Waals surface area contributed by atoms with E-state index in [1.165, 1.54) is 38.8 Å². The van der Waals surface area contributed by atoms with Crippen LogP contribution in [0.1, 0.15) is 38.5 Å². The standard InChI is InChI=1S/C15H32N4/c1-4-5-6-7-8-10-14(17-16)15-13-18(2)11-9-12-19(15)3/h4,14-15,17H,1,5-13,16H2,2-3H3. The fourth-order valence-electron chi connectivity index (χ4n) is 2.96. The number of hydrogen-bond donors (Lipinski definition) is 2. The summed E-state index contributed by atoms with van der Waals surface area (Å²) in [7, 11) is 4.44. The second-order valence-electron chi connectivity index (χ2n) is 5.86. The Kier molecular flexibility index (Phi) is 8.30. The van der Waals surface area contributed by atoms with E-state index in [-0.39, 0.29) is 0 Å². The second kappa shape index (κ2) is 9.48. The highest BCUT2D eigenvalue weighted by atomic mass is 15.3. The number of likely N-dealkylation sites (N-methyl/N-ethyl adjacent to an activating group) is 2. The Morgan fingerprint density at radius 2 is 2.11 bits per heavy atom. The highest BCUT2D eigenvalue weighted by Gasteiger charge is 2.27. The van der Waals surface area contributed by atoms with Crippen LogP contribution in [-0.4, -0.2) is 55.6 Å². The van der Waals surface area contributed by atoms with Gasteiger partial charge in [-0.2, -0.15) is 0 Å². The third kappa shape index (κ3) is 6.04. The molecule has 3 N–H and O–H groups in total. The average Bonchev–Trinajstić information content (AvgIpc) is 2.56. The fourth-order valence-corrected chi connectivity index (χ4v) is 2.96. The van der Waals surface area contributed by atoms with Gasteiger partial charge in [0.25, 0.3) is 0 Å². The smallest absolute Gasteiger partial charge is 0.0386 e. The summed E-state index contributed by atoms with van der Waals surface area (Å²) < 4.78 is 0. The van der Waals surface area contributed by atoms with E-state index in [2.05, 4.69) is 35.9 Å². The summed E-state index contributed by atoms with van der Waals surface area (Å²) in [6.07, 6.45) is 9.32. The monoisotopic (exact) mass is 268 g/mol. The number of nitrogens with zero attached hydrogens (tertiary/aromatic N) is 2. The zero-order valence-electron chi connectivity index (χ0n) is 12.8. The molecule has 1 fully saturated rings. The number of hydrogen-bond acceptors (Lipinski definition) is 4. The minimum Gasteiger partial charge on any atom is -0.305 e. The first kappa shape index (κ1) is 16.6. The minimum atomic E-state index is 0.397. The molecule has 0 aromatic rings. The molecule has 4 nitrogen and oxygen atoms in total. The van der Waals surface area contributed by atoms with E-state index < -0.39 is 0 Å². The number of nitrogens with two attached hydrogens (primary N) is 1. The number of nitrogens with one attached hydrogen (secondary N) is 1. The van der Waals surface area contributed by atoms with E-state index in [9.17, 15) is 0 Å². The summed E-state index contributed by atoms with van der Waals surface area (Å²) in [5.74, 6) is 5.79. The lowest BCUT2D eigenvalue weighted by molar-refractivity contribution is 0.171. The van der Waals surface area contributed by atoms with Gasteiger partial charge in [0.2, 0.25) is 0 Å². The summed E-state index contributed by atoms with van der Waals surface area (Å²) in [4.78, 5) is 4.90. The van der Waals surface area contributed by atoms with Gasteiger partial charge < -0.3 is 9.80 Å². The van der Waals surface area contributed by atoms with E-state index >= 15 is 0 Å². The van der Waals surface area contributed by atoms with Crippen molar-refractivity contribution in [3.63, 3.8) is 0 Å². The third-order valence-electron chi connectivity index (χ3n) is 4.22. The van der Waals surface area contributed by atoms with Crippen molar-refractivity contribution in [3.8, 4) is 0 Å². The summed E-state index contributed by atoms with van der Waals surface area (Å²) in [6, 6.07) is 0.922. The Hall–Kier alpha value is -0.420. The van der Waals surface area contributed by atoms with Crippen molar-refractivity contribution >= 4 is 0 Å². The number of allylic oxidation sites excluding steroid dienone is 1. The van der Waals surface area contributed by atoms with Gasteiger partial charge in [-0.05, 0) is 52.9 Å². The first-order valence-corrected chi connectivity index (χ1v) is 7.64. The largest absolute Gasteiger partial charge is 0.305 e. The van der Waals surface area contributed by atoms with Crippen LogP contribution in [0.3, 0.4) is 0 Å². The molecule has 1 heterocycles. The maximum absolute atomic E-state index is 5.79. The molecular weight excluding hydrogens is 236 g/mol. The molecule has 2 unspecified atom stereocenters. The third-order valence-corrected chi connectivity index (χ3v) is 4.22. The topological polar surface area (TPSA) is 44.5 Å². The Bertz CT molecular complexity index is 244. The summed E-state index contributed by atoms with van der Waals surface area (Å²) in [5, 5.41) is 0. The van der Waals surface area contributed by atoms with Crippen molar-refractivity contribution in [2.45, 2.75) is 50.6 Å². The lowest BCUT2D eigenvalue weighted by Crippen LogP contribution is -2.54. The summed E-state index contributed by atoms with van der Waals surface area (Å²) >= 11 is 0. The molecule has 19 heavy (non-hydrogen) atoms. The van der Waals surface area contributed by atoms with Crippen molar-refractivity contribution in [2.24, 2.45) is 5.84 Å². The molecule has 1 rings (SSSR count). The van der Waals surface area contributed by atoms with E-state index in [1.807, 2.05) is 6.08 Å². The summed E-state index contributed by atoms with van der Waals surface area (Å²) in [6.45, 7) is 7.24. The molecule has 1 saturated heterocycles. The highest BCUT2D eigenvalue weighted by molar-refractivity contribution is 4.86. The predicted octanol–water partition coefficient (Wildman–Crippen LogP) is 1.59. The number of hydrazine groups is 1. The maximum Gasteiger partial charge on any atom is 0.0386 e. The van der Waals surface area contributed by atoms with Gasteiger partial charge in [0.1, 0.15) is 0 Å². The van der Waals surface area contributed by atoms with Crippen molar-refractivity contribution in [1.29, 1.82) is 0 Å². The van der Waals surface area contributed by atoms with Gasteiger partial charge in [0.05, 0.1) is 0 Å². The van der Waals surface area contributed by atoms with Crippen LogP contribution in [0, 0.1) is 0 Å². The molecule has 0 aliphatic carbocycles. The normalized spacial score (nSPS) is 24.1. The zero-order chi connectivity index (χ0) is 14.1. The molecule has 4 heteroatoms. The molecule has 1 aliphatic rings. The zero-order valence-corrected chi connectivity index (χ0v) is 12.8. The van der Waals surface area contributed by atoms with E-state index in [1.54, 1.807) is 0 Å². The van der Waals surface area contributed by atoms with Gasteiger partial charge in [0, 0.05) is 18.6 Å². The molecule has 2 atom stereocenters. The second-order valence-corrected chi connectivity index (χ2v) is 5.86. The molecule has 0 bridgehead atoms. The molecule has 112 valence electrons. The number of unbranched alkanes of at least 4 members (excludes halogenated alkanes) is 3. The Morgan fingerprint density at radius 1 is 1.32 bits per heavy atom. The molecule has 0 aromatic heterocycles. The van der Waals surface area contributed by atoms with Crippen LogP contribution in [0.5, 0.6) is 0 Å². The Morgan fingerprint density at radius 3 is 2.79 bits per heavy atom. The van der Waals surface area contributed by atoms with Crippen LogP contribution in [-0.2, 0) is 0 Å². The SMILES string of the molecule is C=CCCCCCC(NN)C1CN(C)CCCN1C. The minimum absolute atomic E-state index is 0.397. The molecule has 1 aliphatic heterocycles. The van der Waals surface area contributed by atoms with Gasteiger partial charge in [-0.25, -0.2) is 0 Å². The van der Waals surface area contributed by atoms with Gasteiger partial charge in [-0.1, -0.05) is 18.9 Å². The molecule has 0 spiro atoms. The molecular formula is C15H32N4. The lowest BCUT2D eigenvalue weighted by Gasteiger charge is -2.34. The Balaban J connectivity index is 2.39. The number of rotatable bonds is 8. The Labute approximate surface area is 119 Å². The van der Waals surface area contributed by atoms with Crippen molar-refractivity contribution in [1.82, 2.24) is 15.2 Å². The molecule has 0 radical (unpaired) electrons. The van der Waals surface area contributed by atoms with E-state index in [0.29, 0.717) is 12.1 Å². The quantitative estimate of drug-likeness (QED) is 0.304. The fraction of sp³-hybridized carbons (Fsp3) is 0.867. The van der Waals surface area contributed by atoms with Crippen LogP contribution in [0.25, 0.3) is 0 Å². The first-order chi connectivity index (χ1) is 9.19.